The normalized spacial score (nSPS) is 27.8. The van der Waals surface area contributed by atoms with Crippen molar-refractivity contribution in [1.82, 2.24) is 0 Å². The molecule has 3 rings (SSSR count). The molecule has 1 aromatic rings. The number of anilines is 1. The van der Waals surface area contributed by atoms with Gasteiger partial charge in [0.25, 0.3) is 0 Å². The van der Waals surface area contributed by atoms with Crippen LogP contribution < -0.4 is 10.6 Å². The van der Waals surface area contributed by atoms with Gasteiger partial charge in [0.05, 0.1) is 5.69 Å². The number of benzene rings is 1. The van der Waals surface area contributed by atoms with Gasteiger partial charge in [-0.05, 0) is 43.4 Å². The van der Waals surface area contributed by atoms with Crippen molar-refractivity contribution < 1.29 is 4.39 Å². The predicted octanol–water partition coefficient (Wildman–Crippen LogP) is 1.93. The van der Waals surface area contributed by atoms with E-state index in [1.54, 1.807) is 6.07 Å². The van der Waals surface area contributed by atoms with Crippen LogP contribution in [0.3, 0.4) is 0 Å². The summed E-state index contributed by atoms with van der Waals surface area (Å²) in [4.78, 5) is 2.24. The van der Waals surface area contributed by atoms with Gasteiger partial charge in [-0.1, -0.05) is 12.1 Å². The van der Waals surface area contributed by atoms with Gasteiger partial charge in [-0.25, -0.2) is 4.39 Å². The number of hydrogen-bond acceptors (Lipinski definition) is 2. The van der Waals surface area contributed by atoms with Gasteiger partial charge in [-0.2, -0.15) is 0 Å². The summed E-state index contributed by atoms with van der Waals surface area (Å²) in [6, 6.07) is 5.85. The molecule has 86 valence electrons. The van der Waals surface area contributed by atoms with Gasteiger partial charge in [0, 0.05) is 12.6 Å². The largest absolute Gasteiger partial charge is 0.365 e. The highest BCUT2D eigenvalue weighted by molar-refractivity contribution is 5.61. The first-order valence-electron chi connectivity index (χ1n) is 6.05. The SMILES string of the molecule is NCC1CCCN2c3c(F)cccc3CC12. The van der Waals surface area contributed by atoms with E-state index in [9.17, 15) is 4.39 Å². The second-order valence-corrected chi connectivity index (χ2v) is 4.85. The van der Waals surface area contributed by atoms with Gasteiger partial charge in [0.15, 0.2) is 0 Å². The quantitative estimate of drug-likeness (QED) is 0.783. The van der Waals surface area contributed by atoms with Crippen molar-refractivity contribution >= 4 is 5.69 Å². The second-order valence-electron chi connectivity index (χ2n) is 4.85. The molecule has 0 radical (unpaired) electrons. The third kappa shape index (κ3) is 1.34. The molecule has 0 bridgehead atoms. The number of piperidine rings is 1. The van der Waals surface area contributed by atoms with Crippen molar-refractivity contribution in [3.63, 3.8) is 0 Å². The first kappa shape index (κ1) is 10.1. The molecule has 2 aliphatic rings. The Labute approximate surface area is 95.2 Å². The molecule has 2 unspecified atom stereocenters. The zero-order valence-corrected chi connectivity index (χ0v) is 9.32. The van der Waals surface area contributed by atoms with Crippen molar-refractivity contribution in [2.24, 2.45) is 11.7 Å². The van der Waals surface area contributed by atoms with E-state index in [0.717, 1.165) is 37.2 Å². The Bertz CT molecular complexity index is 405. The molecule has 3 heteroatoms. The highest BCUT2D eigenvalue weighted by atomic mass is 19.1. The van der Waals surface area contributed by atoms with Crippen LogP contribution >= 0.6 is 0 Å². The number of halogens is 1. The summed E-state index contributed by atoms with van der Waals surface area (Å²) >= 11 is 0. The lowest BCUT2D eigenvalue weighted by Crippen LogP contribution is -2.45. The molecule has 2 nitrogen and oxygen atoms in total. The van der Waals surface area contributed by atoms with Crippen LogP contribution in [0.5, 0.6) is 0 Å². The van der Waals surface area contributed by atoms with Crippen molar-refractivity contribution in [3.8, 4) is 0 Å². The molecule has 0 aromatic heterocycles. The maximum absolute atomic E-state index is 13.8. The maximum atomic E-state index is 13.8. The fourth-order valence-electron chi connectivity index (χ4n) is 3.24. The Hall–Kier alpha value is -1.09. The zero-order chi connectivity index (χ0) is 11.1. The first-order chi connectivity index (χ1) is 7.81. The Morgan fingerprint density at radius 1 is 1.44 bits per heavy atom. The van der Waals surface area contributed by atoms with Crippen LogP contribution in [0.4, 0.5) is 10.1 Å². The summed E-state index contributed by atoms with van der Waals surface area (Å²) in [5, 5.41) is 0. The number of nitrogens with two attached hydrogens (primary N) is 1. The summed E-state index contributed by atoms with van der Waals surface area (Å²) in [6.45, 7) is 1.70. The molecule has 2 atom stereocenters. The van der Waals surface area contributed by atoms with E-state index in [4.69, 9.17) is 5.73 Å². The topological polar surface area (TPSA) is 29.3 Å². The van der Waals surface area contributed by atoms with Crippen LogP contribution in [0.25, 0.3) is 0 Å². The predicted molar refractivity (Wildman–Crippen MR) is 63.0 cm³/mol. The minimum absolute atomic E-state index is 0.0716. The summed E-state index contributed by atoms with van der Waals surface area (Å²) in [6.07, 6.45) is 3.29. The monoisotopic (exact) mass is 220 g/mol. The molecule has 0 saturated carbocycles. The van der Waals surface area contributed by atoms with Crippen molar-refractivity contribution in [2.45, 2.75) is 25.3 Å². The van der Waals surface area contributed by atoms with Crippen LogP contribution in [0.15, 0.2) is 18.2 Å². The first-order valence-corrected chi connectivity index (χ1v) is 6.05. The third-order valence-electron chi connectivity index (χ3n) is 4.01. The van der Waals surface area contributed by atoms with Crippen molar-refractivity contribution in [2.75, 3.05) is 18.0 Å². The highest BCUT2D eigenvalue weighted by Crippen LogP contribution is 2.40. The summed E-state index contributed by atoms with van der Waals surface area (Å²) < 4.78 is 13.8. The lowest BCUT2D eigenvalue weighted by molar-refractivity contribution is 0.338. The van der Waals surface area contributed by atoms with Crippen LogP contribution in [0.1, 0.15) is 18.4 Å². The smallest absolute Gasteiger partial charge is 0.146 e. The van der Waals surface area contributed by atoms with E-state index in [2.05, 4.69) is 4.90 Å². The van der Waals surface area contributed by atoms with Gasteiger partial charge in [-0.3, -0.25) is 0 Å². The average Bonchev–Trinajstić information content (AvgIpc) is 2.68. The Morgan fingerprint density at radius 3 is 3.12 bits per heavy atom. The van der Waals surface area contributed by atoms with Gasteiger partial charge < -0.3 is 10.6 Å². The average molecular weight is 220 g/mol. The number of para-hydroxylation sites is 1. The van der Waals surface area contributed by atoms with Crippen LogP contribution in [-0.4, -0.2) is 19.1 Å². The van der Waals surface area contributed by atoms with E-state index in [1.165, 1.54) is 6.42 Å². The van der Waals surface area contributed by atoms with Gasteiger partial charge in [0.1, 0.15) is 5.82 Å². The third-order valence-corrected chi connectivity index (χ3v) is 4.01. The second kappa shape index (κ2) is 3.74. The molecule has 2 heterocycles. The lowest BCUT2D eigenvalue weighted by atomic mass is 9.89. The van der Waals surface area contributed by atoms with Crippen molar-refractivity contribution in [3.05, 3.63) is 29.6 Å². The lowest BCUT2D eigenvalue weighted by Gasteiger charge is -2.38. The summed E-state index contributed by atoms with van der Waals surface area (Å²) in [5.41, 5.74) is 7.81. The Balaban J connectivity index is 2.00. The standard InChI is InChI=1S/C13H17FN2/c14-11-5-1-3-9-7-12-10(8-15)4-2-6-16(12)13(9)11/h1,3,5,10,12H,2,4,6-8,15H2. The molecule has 2 aliphatic heterocycles. The Kier molecular flexibility index (Phi) is 2.36. The highest BCUT2D eigenvalue weighted by Gasteiger charge is 2.38. The number of hydrogen-bond donors (Lipinski definition) is 1. The van der Waals surface area contributed by atoms with Crippen LogP contribution in [0.2, 0.25) is 0 Å². The summed E-state index contributed by atoms with van der Waals surface area (Å²) in [7, 11) is 0. The fraction of sp³-hybridized carbons (Fsp3) is 0.538. The van der Waals surface area contributed by atoms with Gasteiger partial charge in [0.2, 0.25) is 0 Å². The molecular weight excluding hydrogens is 203 g/mol. The maximum Gasteiger partial charge on any atom is 0.146 e. The number of rotatable bonds is 1. The van der Waals surface area contributed by atoms with E-state index in [-0.39, 0.29) is 5.82 Å². The van der Waals surface area contributed by atoms with E-state index in [0.29, 0.717) is 12.0 Å². The zero-order valence-electron chi connectivity index (χ0n) is 9.32. The molecule has 0 spiro atoms. The molecule has 1 saturated heterocycles. The van der Waals surface area contributed by atoms with Gasteiger partial charge in [-0.15, -0.1) is 0 Å². The van der Waals surface area contributed by atoms with Crippen LogP contribution in [-0.2, 0) is 6.42 Å². The molecule has 16 heavy (non-hydrogen) atoms. The van der Waals surface area contributed by atoms with E-state index in [1.807, 2.05) is 12.1 Å². The molecule has 0 aliphatic carbocycles. The van der Waals surface area contributed by atoms with Crippen molar-refractivity contribution in [1.29, 1.82) is 0 Å². The number of nitrogens with zero attached hydrogens (tertiary/aromatic N) is 1. The molecule has 1 fully saturated rings. The molecule has 0 amide bonds. The minimum atomic E-state index is -0.0716. The summed E-state index contributed by atoms with van der Waals surface area (Å²) in [5.74, 6) is 0.457. The minimum Gasteiger partial charge on any atom is -0.365 e. The number of fused-ring (bicyclic) bond motifs is 3. The molecule has 2 N–H and O–H groups in total. The molecular formula is C13H17FN2. The van der Waals surface area contributed by atoms with Crippen LogP contribution in [0, 0.1) is 11.7 Å². The van der Waals surface area contributed by atoms with Gasteiger partial charge >= 0.3 is 0 Å². The van der Waals surface area contributed by atoms with E-state index < -0.39 is 0 Å². The molecule has 1 aromatic carbocycles. The van der Waals surface area contributed by atoms with E-state index >= 15 is 0 Å². The fourth-order valence-corrected chi connectivity index (χ4v) is 3.24. The Morgan fingerprint density at radius 2 is 2.31 bits per heavy atom.